The van der Waals surface area contributed by atoms with E-state index in [0.29, 0.717) is 5.57 Å². The topological polar surface area (TPSA) is 102 Å². The number of nitrogens with one attached hydrogen (secondary N) is 1. The lowest BCUT2D eigenvalue weighted by molar-refractivity contribution is -0.142. The maximum absolute atomic E-state index is 13.5. The second kappa shape index (κ2) is 8.97. The molecule has 0 spiro atoms. The van der Waals surface area contributed by atoms with Crippen molar-refractivity contribution in [3.63, 3.8) is 0 Å². The Hall–Kier alpha value is -3.07. The van der Waals surface area contributed by atoms with Gasteiger partial charge < -0.3 is 9.47 Å². The summed E-state index contributed by atoms with van der Waals surface area (Å²) in [5, 5.41) is 12.9. The number of alkyl halides is 3. The van der Waals surface area contributed by atoms with Gasteiger partial charge in [0.05, 0.1) is 24.5 Å². The highest BCUT2D eigenvalue weighted by Crippen LogP contribution is 2.35. The summed E-state index contributed by atoms with van der Waals surface area (Å²) in [6.07, 6.45) is -3.58. The van der Waals surface area contributed by atoms with Crippen LogP contribution in [0.3, 0.4) is 0 Å². The average Bonchev–Trinajstić information content (AvgIpc) is 2.69. The Kier molecular flexibility index (Phi) is 6.54. The van der Waals surface area contributed by atoms with E-state index in [1.54, 1.807) is 6.07 Å². The summed E-state index contributed by atoms with van der Waals surface area (Å²) < 4.78 is 51.7. The number of hydrazone groups is 1. The van der Waals surface area contributed by atoms with Crippen LogP contribution in [-0.2, 0) is 17.5 Å². The van der Waals surface area contributed by atoms with Crippen molar-refractivity contribution in [2.45, 2.75) is 18.9 Å². The zero-order valence-electron chi connectivity index (χ0n) is 15.6. The molecule has 13 heteroatoms. The fraction of sp³-hybridized carbons (Fsp3) is 0.222. The summed E-state index contributed by atoms with van der Waals surface area (Å²) >= 11 is 11.7. The Morgan fingerprint density at radius 2 is 2.06 bits per heavy atom. The van der Waals surface area contributed by atoms with Crippen LogP contribution in [0, 0.1) is 11.3 Å². The van der Waals surface area contributed by atoms with Crippen molar-refractivity contribution in [1.29, 1.82) is 5.26 Å². The van der Waals surface area contributed by atoms with E-state index < -0.39 is 29.4 Å². The number of hydrogen-bond donors (Lipinski definition) is 1. The highest BCUT2D eigenvalue weighted by molar-refractivity contribution is 6.68. The molecule has 1 aliphatic rings. The van der Waals surface area contributed by atoms with Gasteiger partial charge in [0.2, 0.25) is 5.75 Å². The van der Waals surface area contributed by atoms with E-state index in [1.807, 2.05) is 0 Å². The first-order valence-corrected chi connectivity index (χ1v) is 9.15. The molecule has 2 heterocycles. The molecule has 8 nitrogen and oxygen atoms in total. The van der Waals surface area contributed by atoms with Gasteiger partial charge in [-0.3, -0.25) is 14.8 Å². The van der Waals surface area contributed by atoms with Crippen LogP contribution in [0.5, 0.6) is 11.5 Å². The monoisotopic (exact) mass is 473 g/mol. The molecule has 1 unspecified atom stereocenters. The van der Waals surface area contributed by atoms with E-state index >= 15 is 0 Å². The number of benzene rings is 1. The van der Waals surface area contributed by atoms with Crippen molar-refractivity contribution >= 4 is 28.4 Å². The van der Waals surface area contributed by atoms with Crippen LogP contribution in [0.2, 0.25) is 5.02 Å². The van der Waals surface area contributed by atoms with Crippen LogP contribution in [0.15, 0.2) is 46.1 Å². The molecule has 1 aromatic carbocycles. The number of ether oxygens (including phenoxy) is 2. The lowest BCUT2D eigenvalue weighted by Crippen LogP contribution is -2.36. The predicted molar refractivity (Wildman–Crippen MR) is 105 cm³/mol. The molecule has 31 heavy (non-hydrogen) atoms. The molecular formula is C18H12Cl2F3N5O3. The first kappa shape index (κ1) is 22.6. The summed E-state index contributed by atoms with van der Waals surface area (Å²) in [6.45, 7) is -0.212. The van der Waals surface area contributed by atoms with Crippen LogP contribution < -0.4 is 15.7 Å². The third kappa shape index (κ3) is 5.16. The zero-order chi connectivity index (χ0) is 22.8. The minimum atomic E-state index is -4.97. The van der Waals surface area contributed by atoms with E-state index in [2.05, 4.69) is 15.5 Å². The van der Waals surface area contributed by atoms with Crippen LogP contribution in [-0.4, -0.2) is 28.1 Å². The second-order valence-electron chi connectivity index (χ2n) is 6.14. The fourth-order valence-corrected chi connectivity index (χ4v) is 3.09. The van der Waals surface area contributed by atoms with Gasteiger partial charge in [-0.05, 0) is 24.3 Å². The standard InChI is InChI=1S/C18H12Cl2F3N5O3/c1-30-16-10(4-13(20)26-27-16)7-28-8-25-15(18(21,22)23)14(17(28)29)31-12-3-9(6-24)2-11(19)5-12/h2-5,8,16,27H,7H2,1H3. The van der Waals surface area contributed by atoms with Crippen LogP contribution in [0.1, 0.15) is 11.3 Å². The van der Waals surface area contributed by atoms with Crippen LogP contribution in [0.4, 0.5) is 13.2 Å². The smallest absolute Gasteiger partial charge is 0.437 e. The first-order chi connectivity index (χ1) is 14.6. The number of hydrogen-bond acceptors (Lipinski definition) is 7. The molecule has 0 radical (unpaired) electrons. The number of aromatic nitrogens is 2. The zero-order valence-corrected chi connectivity index (χ0v) is 17.1. The summed E-state index contributed by atoms with van der Waals surface area (Å²) in [4.78, 5) is 16.2. The van der Waals surface area contributed by atoms with Crippen molar-refractivity contribution in [1.82, 2.24) is 15.0 Å². The SMILES string of the molecule is COC1NN=C(Cl)C=C1Cn1cnc(C(F)(F)F)c(Oc2cc(Cl)cc(C#N)c2)c1=O. The summed E-state index contributed by atoms with van der Waals surface area (Å²) in [5.74, 6) is -1.30. The number of nitrogens with zero attached hydrogens (tertiary/aromatic N) is 4. The van der Waals surface area contributed by atoms with E-state index in [1.165, 1.54) is 25.3 Å². The van der Waals surface area contributed by atoms with Crippen molar-refractivity contribution in [3.05, 3.63) is 62.8 Å². The lowest BCUT2D eigenvalue weighted by Gasteiger charge is -2.23. The molecular weight excluding hydrogens is 462 g/mol. The number of allylic oxidation sites excluding steroid dienone is 1. The van der Waals surface area contributed by atoms with E-state index in [4.69, 9.17) is 37.9 Å². The summed E-state index contributed by atoms with van der Waals surface area (Å²) in [7, 11) is 1.37. The maximum Gasteiger partial charge on any atom is 0.437 e. The highest BCUT2D eigenvalue weighted by Gasteiger charge is 2.39. The Morgan fingerprint density at radius 1 is 1.32 bits per heavy atom. The van der Waals surface area contributed by atoms with Gasteiger partial charge in [-0.25, -0.2) is 4.98 Å². The maximum atomic E-state index is 13.5. The third-order valence-corrected chi connectivity index (χ3v) is 4.42. The van der Waals surface area contributed by atoms with Crippen LogP contribution in [0.25, 0.3) is 0 Å². The van der Waals surface area contributed by atoms with Gasteiger partial charge in [0.15, 0.2) is 11.9 Å². The number of halogens is 5. The first-order valence-electron chi connectivity index (χ1n) is 8.39. The molecule has 1 aromatic heterocycles. The number of nitriles is 1. The predicted octanol–water partition coefficient (Wildman–Crippen LogP) is 3.63. The molecule has 162 valence electrons. The van der Waals surface area contributed by atoms with E-state index in [0.717, 1.165) is 17.0 Å². The van der Waals surface area contributed by atoms with Gasteiger partial charge in [0.1, 0.15) is 10.9 Å². The van der Waals surface area contributed by atoms with Gasteiger partial charge in [0, 0.05) is 17.7 Å². The molecule has 1 N–H and O–H groups in total. The quantitative estimate of drug-likeness (QED) is 0.711. The molecule has 2 aromatic rings. The molecule has 0 bridgehead atoms. The Labute approximate surface area is 183 Å². The van der Waals surface area contributed by atoms with Crippen LogP contribution >= 0.6 is 23.2 Å². The Morgan fingerprint density at radius 3 is 2.71 bits per heavy atom. The minimum absolute atomic E-state index is 0.0376. The van der Waals surface area contributed by atoms with E-state index in [9.17, 15) is 18.0 Å². The number of rotatable bonds is 5. The van der Waals surface area contributed by atoms with Crippen molar-refractivity contribution in [2.24, 2.45) is 5.10 Å². The van der Waals surface area contributed by atoms with Gasteiger partial charge in [-0.15, -0.1) is 0 Å². The van der Waals surface area contributed by atoms with Gasteiger partial charge >= 0.3 is 6.18 Å². The molecule has 0 amide bonds. The Bertz CT molecular complexity index is 1170. The molecule has 0 saturated carbocycles. The van der Waals surface area contributed by atoms with Gasteiger partial charge in [0.25, 0.3) is 5.56 Å². The largest absolute Gasteiger partial charge is 0.449 e. The van der Waals surface area contributed by atoms with Crippen molar-refractivity contribution < 1.29 is 22.6 Å². The number of methoxy groups -OCH3 is 1. The molecule has 1 aliphatic heterocycles. The minimum Gasteiger partial charge on any atom is -0.449 e. The van der Waals surface area contributed by atoms with E-state index in [-0.39, 0.29) is 28.1 Å². The third-order valence-electron chi connectivity index (χ3n) is 4.00. The highest BCUT2D eigenvalue weighted by atomic mass is 35.5. The lowest BCUT2D eigenvalue weighted by atomic mass is 10.2. The summed E-state index contributed by atoms with van der Waals surface area (Å²) in [5.41, 5.74) is 0.399. The average molecular weight is 474 g/mol. The molecule has 0 aliphatic carbocycles. The molecule has 1 atom stereocenters. The fourth-order valence-electron chi connectivity index (χ4n) is 2.67. The Balaban J connectivity index is 2.07. The molecule has 0 saturated heterocycles. The summed E-state index contributed by atoms with van der Waals surface area (Å²) in [6, 6.07) is 5.40. The second-order valence-corrected chi connectivity index (χ2v) is 6.96. The van der Waals surface area contributed by atoms with Gasteiger partial charge in [-0.1, -0.05) is 23.2 Å². The van der Waals surface area contributed by atoms with Gasteiger partial charge in [-0.2, -0.15) is 23.5 Å². The molecule has 0 fully saturated rings. The normalized spacial score (nSPS) is 16.1. The van der Waals surface area contributed by atoms with Crippen molar-refractivity contribution in [2.75, 3.05) is 7.11 Å². The molecule has 3 rings (SSSR count). The van der Waals surface area contributed by atoms with Crippen molar-refractivity contribution in [3.8, 4) is 17.6 Å².